The first-order chi connectivity index (χ1) is 13.8. The number of hydrogen-bond donors (Lipinski definition) is 0. The number of likely N-dealkylation sites (N-methyl/N-ethyl adjacent to an activating group) is 1. The lowest BCUT2D eigenvalue weighted by molar-refractivity contribution is 0.0989. The van der Waals surface area contributed by atoms with Gasteiger partial charge in [-0.25, -0.2) is 4.98 Å². The number of halogens is 1. The molecule has 4 nitrogen and oxygen atoms in total. The van der Waals surface area contributed by atoms with Crippen molar-refractivity contribution in [3.05, 3.63) is 57.4 Å². The second kappa shape index (κ2) is 8.03. The maximum absolute atomic E-state index is 13.6. The van der Waals surface area contributed by atoms with E-state index in [1.54, 1.807) is 16.2 Å². The van der Waals surface area contributed by atoms with Crippen molar-refractivity contribution in [1.29, 1.82) is 0 Å². The van der Waals surface area contributed by atoms with Crippen LogP contribution < -0.4 is 4.90 Å². The molecule has 2 aromatic heterocycles. The molecule has 1 amide bonds. The van der Waals surface area contributed by atoms with E-state index in [0.717, 1.165) is 26.8 Å². The molecule has 4 rings (SSSR count). The summed E-state index contributed by atoms with van der Waals surface area (Å²) in [6.07, 6.45) is 0. The molecule has 0 aliphatic carbocycles. The van der Waals surface area contributed by atoms with Gasteiger partial charge < -0.3 is 4.90 Å². The first-order valence-electron chi connectivity index (χ1n) is 9.36. The van der Waals surface area contributed by atoms with Gasteiger partial charge in [0.25, 0.3) is 5.91 Å². The summed E-state index contributed by atoms with van der Waals surface area (Å²) in [5.74, 6) is -0.0912. The topological polar surface area (TPSA) is 36.4 Å². The van der Waals surface area contributed by atoms with Crippen molar-refractivity contribution in [2.75, 3.05) is 32.1 Å². The Morgan fingerprint density at radius 3 is 2.59 bits per heavy atom. The van der Waals surface area contributed by atoms with Crippen molar-refractivity contribution in [3.8, 4) is 0 Å². The standard InChI is InChI=1S/C22H22ClN3OS2/c1-13-11-14(2)19-16(12-13)24-22(29-19)26(10-9-25(3)4)21(27)20-18(23)15-7-5-6-8-17(15)28-20/h5-8,11-12H,9-10H2,1-4H3. The van der Waals surface area contributed by atoms with Gasteiger partial charge in [0.2, 0.25) is 0 Å². The monoisotopic (exact) mass is 443 g/mol. The molecule has 150 valence electrons. The second-order valence-corrected chi connectivity index (χ2v) is 9.84. The highest BCUT2D eigenvalue weighted by atomic mass is 35.5. The molecule has 0 spiro atoms. The summed E-state index contributed by atoms with van der Waals surface area (Å²) in [6.45, 7) is 5.44. The molecule has 0 aliphatic rings. The summed E-state index contributed by atoms with van der Waals surface area (Å²) in [5, 5.41) is 2.17. The van der Waals surface area contributed by atoms with Gasteiger partial charge in [-0.2, -0.15) is 0 Å². The zero-order valence-electron chi connectivity index (χ0n) is 16.8. The minimum Gasteiger partial charge on any atom is -0.308 e. The van der Waals surface area contributed by atoms with E-state index in [1.165, 1.54) is 22.5 Å². The lowest BCUT2D eigenvalue weighted by Crippen LogP contribution is -2.36. The predicted molar refractivity (Wildman–Crippen MR) is 126 cm³/mol. The number of fused-ring (bicyclic) bond motifs is 2. The number of aromatic nitrogens is 1. The molecule has 0 saturated carbocycles. The zero-order valence-corrected chi connectivity index (χ0v) is 19.2. The number of carbonyl (C=O) groups is 1. The summed E-state index contributed by atoms with van der Waals surface area (Å²) < 4.78 is 2.14. The van der Waals surface area contributed by atoms with Gasteiger partial charge in [0.05, 0.1) is 15.2 Å². The predicted octanol–water partition coefficient (Wildman–Crippen LogP) is 5.99. The average Bonchev–Trinajstić information content (AvgIpc) is 3.23. The highest BCUT2D eigenvalue weighted by molar-refractivity contribution is 7.23. The van der Waals surface area contributed by atoms with Crippen LogP contribution in [0.1, 0.15) is 20.8 Å². The van der Waals surface area contributed by atoms with Crippen LogP contribution in [-0.2, 0) is 0 Å². The van der Waals surface area contributed by atoms with E-state index in [-0.39, 0.29) is 5.91 Å². The number of thiazole rings is 1. The van der Waals surface area contributed by atoms with Crippen molar-refractivity contribution in [1.82, 2.24) is 9.88 Å². The molecule has 0 unspecified atom stereocenters. The number of amides is 1. The van der Waals surface area contributed by atoms with E-state index in [2.05, 4.69) is 30.9 Å². The van der Waals surface area contributed by atoms with Crippen LogP contribution in [0.2, 0.25) is 5.02 Å². The molecule has 0 bridgehead atoms. The molecule has 0 aliphatic heterocycles. The van der Waals surface area contributed by atoms with Crippen molar-refractivity contribution < 1.29 is 4.79 Å². The van der Waals surface area contributed by atoms with E-state index in [0.29, 0.717) is 21.6 Å². The van der Waals surface area contributed by atoms with Crippen LogP contribution >= 0.6 is 34.3 Å². The molecule has 4 aromatic rings. The van der Waals surface area contributed by atoms with Gasteiger partial charge in [0.1, 0.15) is 4.88 Å². The number of benzene rings is 2. The van der Waals surface area contributed by atoms with Gasteiger partial charge >= 0.3 is 0 Å². The molecule has 0 saturated heterocycles. The van der Waals surface area contributed by atoms with Gasteiger partial charge in [0.15, 0.2) is 5.13 Å². The molecule has 0 radical (unpaired) electrons. The first-order valence-corrected chi connectivity index (χ1v) is 11.4. The number of hydrogen-bond acceptors (Lipinski definition) is 5. The Hall–Kier alpha value is -1.99. The third kappa shape index (κ3) is 3.90. The van der Waals surface area contributed by atoms with E-state index in [9.17, 15) is 4.79 Å². The Bertz CT molecular complexity index is 1210. The Morgan fingerprint density at radius 2 is 1.86 bits per heavy atom. The summed E-state index contributed by atoms with van der Waals surface area (Å²) >= 11 is 9.61. The number of rotatable bonds is 5. The van der Waals surface area contributed by atoms with E-state index < -0.39 is 0 Å². The fourth-order valence-electron chi connectivity index (χ4n) is 3.34. The minimum atomic E-state index is -0.0912. The zero-order chi connectivity index (χ0) is 20.7. The molecule has 2 heterocycles. The fourth-order valence-corrected chi connectivity index (χ4v) is 5.84. The van der Waals surface area contributed by atoms with Crippen LogP contribution in [0.5, 0.6) is 0 Å². The van der Waals surface area contributed by atoms with Gasteiger partial charge in [-0.1, -0.05) is 47.2 Å². The lowest BCUT2D eigenvalue weighted by Gasteiger charge is -2.21. The second-order valence-electron chi connectivity index (χ2n) is 7.43. The number of anilines is 1. The van der Waals surface area contributed by atoms with Crippen molar-refractivity contribution >= 4 is 65.6 Å². The maximum Gasteiger partial charge on any atom is 0.271 e. The number of carbonyl (C=O) groups excluding carboxylic acids is 1. The number of thiophene rings is 1. The largest absolute Gasteiger partial charge is 0.308 e. The minimum absolute atomic E-state index is 0.0912. The Labute approximate surface area is 183 Å². The third-order valence-corrected chi connectivity index (χ3v) is 7.68. The number of aryl methyl sites for hydroxylation is 2. The quantitative estimate of drug-likeness (QED) is 0.380. The SMILES string of the molecule is Cc1cc(C)c2sc(N(CCN(C)C)C(=O)c3sc4ccccc4c3Cl)nc2c1. The average molecular weight is 444 g/mol. The van der Waals surface area contributed by atoms with E-state index in [4.69, 9.17) is 16.6 Å². The maximum atomic E-state index is 13.6. The van der Waals surface area contributed by atoms with Crippen LogP contribution in [0.15, 0.2) is 36.4 Å². The molecular weight excluding hydrogens is 422 g/mol. The van der Waals surface area contributed by atoms with Crippen LogP contribution in [0.4, 0.5) is 5.13 Å². The molecule has 7 heteroatoms. The van der Waals surface area contributed by atoms with Crippen molar-refractivity contribution in [2.45, 2.75) is 13.8 Å². The van der Waals surface area contributed by atoms with Gasteiger partial charge in [0, 0.05) is 23.2 Å². The molecular formula is C22H22ClN3OS2. The molecule has 2 aromatic carbocycles. The molecule has 29 heavy (non-hydrogen) atoms. The smallest absolute Gasteiger partial charge is 0.271 e. The van der Waals surface area contributed by atoms with Gasteiger partial charge in [-0.15, -0.1) is 11.3 Å². The normalized spacial score (nSPS) is 11.7. The van der Waals surface area contributed by atoms with Crippen LogP contribution in [0, 0.1) is 13.8 Å². The third-order valence-electron chi connectivity index (χ3n) is 4.78. The van der Waals surface area contributed by atoms with Crippen LogP contribution in [-0.4, -0.2) is 43.0 Å². The molecule has 0 fully saturated rings. The number of nitrogens with zero attached hydrogens (tertiary/aromatic N) is 3. The van der Waals surface area contributed by atoms with Gasteiger partial charge in [-0.05, 0) is 51.2 Å². The van der Waals surface area contributed by atoms with Crippen LogP contribution in [0.25, 0.3) is 20.3 Å². The lowest BCUT2D eigenvalue weighted by atomic mass is 10.1. The van der Waals surface area contributed by atoms with Crippen molar-refractivity contribution in [2.24, 2.45) is 0 Å². The van der Waals surface area contributed by atoms with E-state index in [1.807, 2.05) is 38.4 Å². The first kappa shape index (κ1) is 20.3. The Kier molecular flexibility index (Phi) is 5.62. The Morgan fingerprint density at radius 1 is 1.10 bits per heavy atom. The summed E-state index contributed by atoms with van der Waals surface area (Å²) in [7, 11) is 4.00. The summed E-state index contributed by atoms with van der Waals surface area (Å²) in [5.41, 5.74) is 3.29. The fraction of sp³-hybridized carbons (Fsp3) is 0.273. The van der Waals surface area contributed by atoms with Crippen molar-refractivity contribution in [3.63, 3.8) is 0 Å². The molecule has 0 atom stereocenters. The summed E-state index contributed by atoms with van der Waals surface area (Å²) in [6, 6.07) is 12.1. The van der Waals surface area contributed by atoms with Gasteiger partial charge in [-0.3, -0.25) is 9.69 Å². The molecule has 0 N–H and O–H groups in total. The van der Waals surface area contributed by atoms with E-state index >= 15 is 0 Å². The highest BCUT2D eigenvalue weighted by Crippen LogP contribution is 2.38. The van der Waals surface area contributed by atoms with Crippen LogP contribution in [0.3, 0.4) is 0 Å². The highest BCUT2D eigenvalue weighted by Gasteiger charge is 2.26. The summed E-state index contributed by atoms with van der Waals surface area (Å²) in [4.78, 5) is 22.8. The Balaban J connectivity index is 1.80.